The number of aromatic nitrogens is 1. The molecule has 1 aliphatic rings. The minimum absolute atomic E-state index is 0.0183. The van der Waals surface area contributed by atoms with Crippen molar-refractivity contribution in [1.29, 1.82) is 0 Å². The molecule has 4 heteroatoms. The third-order valence-electron chi connectivity index (χ3n) is 6.58. The Labute approximate surface area is 193 Å². The number of fused-ring (bicyclic) bond motifs is 3. The van der Waals surface area contributed by atoms with Crippen molar-refractivity contribution in [3.63, 3.8) is 0 Å². The molecule has 0 saturated heterocycles. The van der Waals surface area contributed by atoms with Crippen LogP contribution in [-0.4, -0.2) is 16.4 Å². The van der Waals surface area contributed by atoms with Gasteiger partial charge < -0.3 is 4.74 Å². The Balaban J connectivity index is 1.47. The fourth-order valence-corrected chi connectivity index (χ4v) is 4.78. The standard InChI is InChI=1S/C29H27NO3/c1-19-8-11-22(12-9-19)28(31)30-26-14-10-20(2)16-24(26)25-17-23(13-15-27(25)30)29(32)33-18-21-6-4-3-5-7-21/h3-12,14,16,23H,13,15,17-18H2,1-2H3. The Kier molecular flexibility index (Phi) is 5.59. The number of hydrogen-bond donors (Lipinski definition) is 0. The summed E-state index contributed by atoms with van der Waals surface area (Å²) < 4.78 is 7.50. The highest BCUT2D eigenvalue weighted by Gasteiger charge is 2.32. The Morgan fingerprint density at radius 2 is 1.67 bits per heavy atom. The number of benzene rings is 3. The quantitative estimate of drug-likeness (QED) is 0.380. The third-order valence-corrected chi connectivity index (χ3v) is 6.58. The van der Waals surface area contributed by atoms with Crippen LogP contribution in [0.5, 0.6) is 0 Å². The molecule has 0 N–H and O–H groups in total. The van der Waals surface area contributed by atoms with Gasteiger partial charge in [-0.25, -0.2) is 0 Å². The number of aryl methyl sites for hydroxylation is 2. The summed E-state index contributed by atoms with van der Waals surface area (Å²) in [4.78, 5) is 26.4. The Bertz CT molecular complexity index is 1330. The Morgan fingerprint density at radius 3 is 2.42 bits per heavy atom. The molecular weight excluding hydrogens is 410 g/mol. The first-order valence-electron chi connectivity index (χ1n) is 11.5. The summed E-state index contributed by atoms with van der Waals surface area (Å²) in [6.45, 7) is 4.36. The van der Waals surface area contributed by atoms with E-state index >= 15 is 0 Å². The van der Waals surface area contributed by atoms with Crippen molar-refractivity contribution in [3.8, 4) is 0 Å². The van der Waals surface area contributed by atoms with E-state index in [-0.39, 0.29) is 24.4 Å². The van der Waals surface area contributed by atoms with Crippen LogP contribution in [0.25, 0.3) is 10.9 Å². The first kappa shape index (κ1) is 21.2. The maximum absolute atomic E-state index is 13.5. The van der Waals surface area contributed by atoms with Crippen LogP contribution < -0.4 is 0 Å². The van der Waals surface area contributed by atoms with Gasteiger partial charge in [0.2, 0.25) is 0 Å². The van der Waals surface area contributed by atoms with Crippen LogP contribution in [0, 0.1) is 19.8 Å². The van der Waals surface area contributed by atoms with Gasteiger partial charge in [0.25, 0.3) is 5.91 Å². The van der Waals surface area contributed by atoms with Crippen LogP contribution in [0.2, 0.25) is 0 Å². The minimum Gasteiger partial charge on any atom is -0.461 e. The van der Waals surface area contributed by atoms with Crippen LogP contribution in [0.3, 0.4) is 0 Å². The van der Waals surface area contributed by atoms with Crippen molar-refractivity contribution in [3.05, 3.63) is 106 Å². The molecule has 4 nitrogen and oxygen atoms in total. The molecule has 33 heavy (non-hydrogen) atoms. The van der Waals surface area contributed by atoms with Crippen LogP contribution in [-0.2, 0) is 29.0 Å². The maximum atomic E-state index is 13.5. The SMILES string of the molecule is Cc1ccc(C(=O)n2c3c(c4cc(C)ccc42)CC(C(=O)OCc2ccccc2)CC3)cc1. The van der Waals surface area contributed by atoms with Gasteiger partial charge in [-0.05, 0) is 68.5 Å². The largest absolute Gasteiger partial charge is 0.461 e. The van der Waals surface area contributed by atoms with E-state index in [0.29, 0.717) is 24.8 Å². The summed E-state index contributed by atoms with van der Waals surface area (Å²) in [5.41, 5.74) is 6.95. The van der Waals surface area contributed by atoms with E-state index in [0.717, 1.165) is 38.9 Å². The summed E-state index contributed by atoms with van der Waals surface area (Å²) in [6, 6.07) is 23.6. The van der Waals surface area contributed by atoms with Crippen LogP contribution in [0.15, 0.2) is 72.8 Å². The van der Waals surface area contributed by atoms with Crippen LogP contribution >= 0.6 is 0 Å². The predicted octanol–water partition coefficient (Wildman–Crippen LogP) is 5.79. The first-order chi connectivity index (χ1) is 16.0. The lowest BCUT2D eigenvalue weighted by molar-refractivity contribution is -0.150. The van der Waals surface area contributed by atoms with E-state index in [9.17, 15) is 9.59 Å². The van der Waals surface area contributed by atoms with Gasteiger partial charge in [0, 0.05) is 16.6 Å². The second-order valence-electron chi connectivity index (χ2n) is 8.99. The van der Waals surface area contributed by atoms with E-state index in [1.54, 1.807) is 0 Å². The number of carbonyl (C=O) groups is 2. The zero-order valence-corrected chi connectivity index (χ0v) is 19.0. The van der Waals surface area contributed by atoms with E-state index in [2.05, 4.69) is 13.0 Å². The summed E-state index contributed by atoms with van der Waals surface area (Å²) in [6.07, 6.45) is 1.94. The number of esters is 1. The number of rotatable bonds is 4. The number of carbonyl (C=O) groups excluding carboxylic acids is 2. The summed E-state index contributed by atoms with van der Waals surface area (Å²) >= 11 is 0. The highest BCUT2D eigenvalue weighted by atomic mass is 16.5. The van der Waals surface area contributed by atoms with Gasteiger partial charge in [0.15, 0.2) is 0 Å². The van der Waals surface area contributed by atoms with Gasteiger partial charge >= 0.3 is 5.97 Å². The zero-order valence-electron chi connectivity index (χ0n) is 19.0. The molecule has 0 fully saturated rings. The van der Waals surface area contributed by atoms with Crippen molar-refractivity contribution in [2.24, 2.45) is 5.92 Å². The number of ether oxygens (including phenoxy) is 1. The normalized spacial score (nSPS) is 15.3. The van der Waals surface area contributed by atoms with Crippen molar-refractivity contribution < 1.29 is 14.3 Å². The van der Waals surface area contributed by atoms with Gasteiger partial charge in [-0.2, -0.15) is 0 Å². The van der Waals surface area contributed by atoms with E-state index in [1.807, 2.05) is 78.2 Å². The van der Waals surface area contributed by atoms with Crippen LogP contribution in [0.1, 0.15) is 44.7 Å². The van der Waals surface area contributed by atoms with Crippen LogP contribution in [0.4, 0.5) is 0 Å². The molecule has 1 heterocycles. The molecule has 0 saturated carbocycles. The highest BCUT2D eigenvalue weighted by Crippen LogP contribution is 2.36. The lowest BCUT2D eigenvalue weighted by Crippen LogP contribution is -2.26. The fourth-order valence-electron chi connectivity index (χ4n) is 4.78. The van der Waals surface area contributed by atoms with Crippen molar-refractivity contribution in [2.45, 2.75) is 39.7 Å². The van der Waals surface area contributed by atoms with Gasteiger partial charge in [0.1, 0.15) is 6.61 Å². The first-order valence-corrected chi connectivity index (χ1v) is 11.5. The van der Waals surface area contributed by atoms with Crippen molar-refractivity contribution in [2.75, 3.05) is 0 Å². The monoisotopic (exact) mass is 437 g/mol. The summed E-state index contributed by atoms with van der Waals surface area (Å²) in [5.74, 6) is -0.381. The average Bonchev–Trinajstić information content (AvgIpc) is 3.16. The molecule has 5 rings (SSSR count). The molecule has 3 aromatic carbocycles. The third kappa shape index (κ3) is 4.09. The lowest BCUT2D eigenvalue weighted by atomic mass is 9.86. The molecule has 1 unspecified atom stereocenters. The smallest absolute Gasteiger partial charge is 0.309 e. The van der Waals surface area contributed by atoms with Gasteiger partial charge in [-0.1, -0.05) is 59.7 Å². The van der Waals surface area contributed by atoms with Crippen molar-refractivity contribution in [1.82, 2.24) is 4.57 Å². The van der Waals surface area contributed by atoms with E-state index in [4.69, 9.17) is 4.74 Å². The maximum Gasteiger partial charge on any atom is 0.309 e. The minimum atomic E-state index is -0.199. The molecule has 0 aliphatic heterocycles. The molecule has 0 amide bonds. The molecule has 1 aromatic heterocycles. The predicted molar refractivity (Wildman–Crippen MR) is 129 cm³/mol. The molecule has 4 aromatic rings. The highest BCUT2D eigenvalue weighted by molar-refractivity contribution is 6.04. The molecule has 0 bridgehead atoms. The van der Waals surface area contributed by atoms with Gasteiger partial charge in [-0.3, -0.25) is 14.2 Å². The second-order valence-corrected chi connectivity index (χ2v) is 8.99. The number of nitrogens with zero attached hydrogens (tertiary/aromatic N) is 1. The molecule has 1 atom stereocenters. The average molecular weight is 438 g/mol. The molecule has 1 aliphatic carbocycles. The molecular formula is C29H27NO3. The summed E-state index contributed by atoms with van der Waals surface area (Å²) in [5, 5.41) is 1.06. The molecule has 0 spiro atoms. The lowest BCUT2D eigenvalue weighted by Gasteiger charge is -2.22. The summed E-state index contributed by atoms with van der Waals surface area (Å²) in [7, 11) is 0. The van der Waals surface area contributed by atoms with E-state index < -0.39 is 0 Å². The number of hydrogen-bond acceptors (Lipinski definition) is 3. The Morgan fingerprint density at radius 1 is 0.939 bits per heavy atom. The van der Waals surface area contributed by atoms with Gasteiger partial charge in [0.05, 0.1) is 11.4 Å². The topological polar surface area (TPSA) is 48.3 Å². The molecule has 166 valence electrons. The van der Waals surface area contributed by atoms with E-state index in [1.165, 1.54) is 0 Å². The second kappa shape index (κ2) is 8.70. The van der Waals surface area contributed by atoms with Gasteiger partial charge in [-0.15, -0.1) is 0 Å². The fraction of sp³-hybridized carbons (Fsp3) is 0.241. The van der Waals surface area contributed by atoms with Crippen molar-refractivity contribution >= 4 is 22.8 Å². The zero-order chi connectivity index (χ0) is 22.9. The Hall–Kier alpha value is -3.66. The molecule has 0 radical (unpaired) electrons.